The number of hydrogen-bond acceptors (Lipinski definition) is 11. The molecular formula is C29H22B3FN8O5. The first kappa shape index (κ1) is 30.4. The van der Waals surface area contributed by atoms with E-state index in [9.17, 15) is 4.79 Å². The van der Waals surface area contributed by atoms with Crippen LogP contribution in [0.25, 0.3) is 16.6 Å². The molecule has 0 aliphatic carbocycles. The fourth-order valence-corrected chi connectivity index (χ4v) is 4.47. The van der Waals surface area contributed by atoms with E-state index in [0.717, 1.165) is 0 Å². The number of benzene rings is 2. The van der Waals surface area contributed by atoms with E-state index in [1.54, 1.807) is 35.4 Å². The average molecular weight is 614 g/mol. The molecule has 1 fully saturated rings. The molecule has 0 saturated carbocycles. The molecular weight excluding hydrogens is 592 g/mol. The summed E-state index contributed by atoms with van der Waals surface area (Å²) >= 11 is 0. The number of carbonyl (C=O) groups is 1. The minimum Gasteiger partial charge on any atom is -0.493 e. The monoisotopic (exact) mass is 614 g/mol. The number of fused-ring (bicyclic) bond motifs is 1. The van der Waals surface area contributed by atoms with Gasteiger partial charge in [0.25, 0.3) is 0 Å². The van der Waals surface area contributed by atoms with Crippen molar-refractivity contribution in [3.8, 4) is 34.8 Å². The molecule has 46 heavy (non-hydrogen) atoms. The quantitative estimate of drug-likeness (QED) is 0.174. The van der Waals surface area contributed by atoms with Gasteiger partial charge in [-0.05, 0) is 29.6 Å². The summed E-state index contributed by atoms with van der Waals surface area (Å²) < 4.78 is 39.0. The third kappa shape index (κ3) is 6.72. The fraction of sp³-hybridized carbons (Fsp3) is 0.172. The van der Waals surface area contributed by atoms with Gasteiger partial charge in [0.05, 0.1) is 43.8 Å². The van der Waals surface area contributed by atoms with Gasteiger partial charge in [-0.2, -0.15) is 0 Å². The van der Waals surface area contributed by atoms with E-state index in [1.807, 2.05) is 0 Å². The van der Waals surface area contributed by atoms with Crippen LogP contribution in [0.2, 0.25) is 0 Å². The second-order valence-electron chi connectivity index (χ2n) is 10.1. The number of ether oxygens (including phenoxy) is 4. The lowest BCUT2D eigenvalue weighted by Gasteiger charge is -2.38. The zero-order valence-electron chi connectivity index (χ0n) is 24.3. The normalized spacial score (nSPS) is 13.1. The molecule has 0 atom stereocenters. The summed E-state index contributed by atoms with van der Waals surface area (Å²) in [5.74, 6) is 0.871. The van der Waals surface area contributed by atoms with Crippen molar-refractivity contribution in [1.82, 2.24) is 34.6 Å². The molecule has 1 saturated heterocycles. The highest BCUT2D eigenvalue weighted by Crippen LogP contribution is 2.37. The molecule has 1 aliphatic heterocycles. The van der Waals surface area contributed by atoms with Crippen LogP contribution in [0.4, 0.5) is 15.9 Å². The summed E-state index contributed by atoms with van der Waals surface area (Å²) in [6, 6.07) is 9.18. The zero-order valence-corrected chi connectivity index (χ0v) is 24.3. The minimum absolute atomic E-state index is 0.115. The van der Waals surface area contributed by atoms with Crippen LogP contribution in [0.3, 0.4) is 0 Å². The number of nitrogens with one attached hydrogen (secondary N) is 1. The van der Waals surface area contributed by atoms with Crippen molar-refractivity contribution in [2.45, 2.75) is 11.4 Å². The SMILES string of the molecule is [B]C([B])([B])Oc1ncc(-n2ccc(Oc3ccc(Nc4ncnc5cc(OC)c(OC6CN(C(=O)C=C)C6)cc45)c(F)c3)n2)cn1. The third-order valence-corrected chi connectivity index (χ3v) is 6.68. The number of anilines is 2. The Labute approximate surface area is 266 Å². The van der Waals surface area contributed by atoms with Crippen molar-refractivity contribution in [1.29, 1.82) is 0 Å². The van der Waals surface area contributed by atoms with E-state index in [0.29, 0.717) is 47.0 Å². The molecule has 1 amide bonds. The highest BCUT2D eigenvalue weighted by Gasteiger charge is 2.32. The summed E-state index contributed by atoms with van der Waals surface area (Å²) in [4.78, 5) is 30.0. The summed E-state index contributed by atoms with van der Waals surface area (Å²) in [6.07, 6.45) is 6.83. The number of nitrogens with zero attached hydrogens (tertiary/aromatic N) is 7. The van der Waals surface area contributed by atoms with Crippen LogP contribution in [0.15, 0.2) is 74.0 Å². The Bertz CT molecular complexity index is 1920. The van der Waals surface area contributed by atoms with Gasteiger partial charge >= 0.3 is 6.01 Å². The summed E-state index contributed by atoms with van der Waals surface area (Å²) in [7, 11) is 17.7. The predicted molar refractivity (Wildman–Crippen MR) is 167 cm³/mol. The lowest BCUT2D eigenvalue weighted by Crippen LogP contribution is -2.55. The second-order valence-corrected chi connectivity index (χ2v) is 10.1. The van der Waals surface area contributed by atoms with Crippen LogP contribution in [0.1, 0.15) is 0 Å². The maximum Gasteiger partial charge on any atom is 0.314 e. The molecule has 4 heterocycles. The summed E-state index contributed by atoms with van der Waals surface area (Å²) in [5.41, 5.74) is 1.17. The van der Waals surface area contributed by atoms with Crippen LogP contribution in [0.5, 0.6) is 29.1 Å². The van der Waals surface area contributed by atoms with Crippen LogP contribution < -0.4 is 24.3 Å². The first-order valence-electron chi connectivity index (χ1n) is 13.7. The molecule has 0 unspecified atom stereocenters. The zero-order chi connectivity index (χ0) is 32.4. The van der Waals surface area contributed by atoms with Crippen LogP contribution in [-0.2, 0) is 4.79 Å². The first-order chi connectivity index (χ1) is 22.1. The van der Waals surface area contributed by atoms with Gasteiger partial charge < -0.3 is 29.2 Å². The molecule has 17 heteroatoms. The Kier molecular flexibility index (Phi) is 8.22. The Balaban J connectivity index is 1.15. The van der Waals surface area contributed by atoms with Crippen molar-refractivity contribution in [3.63, 3.8) is 0 Å². The van der Waals surface area contributed by atoms with Gasteiger partial charge in [-0.15, -0.1) is 5.10 Å². The maximum absolute atomic E-state index is 15.3. The summed E-state index contributed by atoms with van der Waals surface area (Å²) in [6.45, 7) is 4.34. The molecule has 6 radical (unpaired) electrons. The molecule has 6 rings (SSSR count). The topological polar surface area (TPSA) is 139 Å². The first-order valence-corrected chi connectivity index (χ1v) is 13.7. The van der Waals surface area contributed by atoms with Gasteiger partial charge in [-0.3, -0.25) is 4.79 Å². The Morgan fingerprint density at radius 3 is 2.57 bits per heavy atom. The van der Waals surface area contributed by atoms with Gasteiger partial charge in [0.15, 0.2) is 11.5 Å². The molecule has 0 bridgehead atoms. The lowest BCUT2D eigenvalue weighted by atomic mass is 9.52. The smallest absolute Gasteiger partial charge is 0.314 e. The van der Waals surface area contributed by atoms with E-state index < -0.39 is 11.1 Å². The van der Waals surface area contributed by atoms with E-state index in [-0.39, 0.29) is 35.3 Å². The van der Waals surface area contributed by atoms with E-state index >= 15 is 4.39 Å². The molecule has 5 aromatic rings. The predicted octanol–water partition coefficient (Wildman–Crippen LogP) is 2.56. The fourth-order valence-electron chi connectivity index (χ4n) is 4.47. The average Bonchev–Trinajstić information content (AvgIpc) is 3.47. The van der Waals surface area contributed by atoms with Crippen molar-refractivity contribution < 1.29 is 28.1 Å². The number of methoxy groups -OCH3 is 1. The van der Waals surface area contributed by atoms with Gasteiger partial charge in [-0.1, -0.05) is 6.58 Å². The molecule has 3 aromatic heterocycles. The van der Waals surface area contributed by atoms with E-state index in [1.165, 1.54) is 48.7 Å². The Morgan fingerprint density at radius 1 is 1.09 bits per heavy atom. The molecule has 1 aliphatic rings. The Morgan fingerprint density at radius 2 is 1.87 bits per heavy atom. The van der Waals surface area contributed by atoms with Crippen LogP contribution in [0, 0.1) is 5.82 Å². The largest absolute Gasteiger partial charge is 0.493 e. The molecule has 2 aromatic carbocycles. The molecule has 1 N–H and O–H groups in total. The number of halogens is 1. The van der Waals surface area contributed by atoms with Crippen LogP contribution >= 0.6 is 0 Å². The van der Waals surface area contributed by atoms with Crippen molar-refractivity contribution >= 4 is 51.9 Å². The minimum atomic E-state index is -1.92. The van der Waals surface area contributed by atoms with Crippen molar-refractivity contribution in [2.24, 2.45) is 0 Å². The lowest BCUT2D eigenvalue weighted by molar-refractivity contribution is -0.134. The van der Waals surface area contributed by atoms with Gasteiger partial charge in [-0.25, -0.2) is 29.0 Å². The van der Waals surface area contributed by atoms with E-state index in [2.05, 4.69) is 36.9 Å². The Hall–Kier alpha value is -5.60. The number of likely N-dealkylation sites (tertiary alicyclic amines) is 1. The number of amides is 1. The standard InChI is InChI=1S/C29H22B3FN8O5/c1-3-26(42)40-13-18(14-40)44-24-9-19-22(10-23(24)43-2)36-15-37-27(19)38-21-5-4-17(8-20(21)33)45-25-6-7-41(39-25)16-11-34-28(35-12-16)46-29(30,31)32/h3-12,15,18H,1,13-14H2,2H3,(H,36,37,38). The third-order valence-electron chi connectivity index (χ3n) is 6.68. The number of carbonyl (C=O) groups excluding carboxylic acids is 1. The van der Waals surface area contributed by atoms with Gasteiger partial charge in [0.2, 0.25) is 11.8 Å². The van der Waals surface area contributed by atoms with E-state index in [4.69, 9.17) is 42.5 Å². The maximum atomic E-state index is 15.3. The van der Waals surface area contributed by atoms with Crippen molar-refractivity contribution in [3.05, 3.63) is 79.8 Å². The molecule has 224 valence electrons. The van der Waals surface area contributed by atoms with Crippen LogP contribution in [-0.4, -0.2) is 95.7 Å². The highest BCUT2D eigenvalue weighted by atomic mass is 19.1. The number of rotatable bonds is 11. The van der Waals surface area contributed by atoms with Gasteiger partial charge in [0.1, 0.15) is 59.0 Å². The second kappa shape index (κ2) is 12.4. The number of aromatic nitrogens is 6. The number of hydrogen-bond donors (Lipinski definition) is 1. The molecule has 13 nitrogen and oxygen atoms in total. The highest BCUT2D eigenvalue weighted by molar-refractivity contribution is 6.58. The van der Waals surface area contributed by atoms with Gasteiger partial charge in [0, 0.05) is 29.8 Å². The summed E-state index contributed by atoms with van der Waals surface area (Å²) in [5, 5.41) is 5.97. The molecule has 0 spiro atoms. The van der Waals surface area contributed by atoms with Crippen molar-refractivity contribution in [2.75, 3.05) is 25.5 Å².